The molecule has 19 nitrogen and oxygen atoms in total. The van der Waals surface area contributed by atoms with E-state index in [1.807, 2.05) is 0 Å². The number of carbonyl (C=O) groups excluding carboxylic acids is 5. The van der Waals surface area contributed by atoms with Crippen molar-refractivity contribution in [3.63, 3.8) is 0 Å². The minimum atomic E-state index is -1.20. The molecule has 1 fully saturated rings. The van der Waals surface area contributed by atoms with Gasteiger partial charge in [-0.1, -0.05) is 103 Å². The standard InChI is InChI=1S/C51H94N8O11S/c52-40(48(65)55-35-21-18-24-41(53)49(66)56-36-22-19-25-43(59-71)51(69)70)23-17-20-34-54-45(61)33-32-42(50(67)68)58-47(64)39-30-28-38(29-31-39)37-57-44(60)26-15-13-11-9-7-5-3-1-2-4-6-8-10-12-14-16-27-46(62)63/h38-43,59,71H,1-37,52-53H2,(H,54,61)(H,55,65)(H,56,66)(H,57,60)(H,58,64)(H,62,63)(H,67,68)(H,69,70). The smallest absolute Gasteiger partial charge is 0.326 e. The van der Waals surface area contributed by atoms with Crippen LogP contribution >= 0.6 is 12.8 Å². The molecule has 1 aliphatic carbocycles. The highest BCUT2D eigenvalue weighted by Gasteiger charge is 2.30. The molecule has 0 aromatic heterocycles. The minimum absolute atomic E-state index is 0.0465. The van der Waals surface area contributed by atoms with E-state index in [4.69, 9.17) is 21.7 Å². The molecule has 1 aliphatic rings. The van der Waals surface area contributed by atoms with E-state index >= 15 is 0 Å². The maximum absolute atomic E-state index is 13.0. The van der Waals surface area contributed by atoms with Crippen LogP contribution in [-0.2, 0) is 38.4 Å². The van der Waals surface area contributed by atoms with Crippen molar-refractivity contribution in [2.24, 2.45) is 23.3 Å². The zero-order valence-electron chi connectivity index (χ0n) is 42.8. The number of carboxylic acids is 3. The van der Waals surface area contributed by atoms with Crippen LogP contribution in [0.4, 0.5) is 0 Å². The van der Waals surface area contributed by atoms with Crippen LogP contribution in [-0.4, -0.2) is 113 Å². The van der Waals surface area contributed by atoms with Crippen molar-refractivity contribution in [2.75, 3.05) is 26.2 Å². The Morgan fingerprint density at radius 1 is 0.451 bits per heavy atom. The lowest BCUT2D eigenvalue weighted by Crippen LogP contribution is -2.45. The van der Waals surface area contributed by atoms with Crippen LogP contribution in [0.15, 0.2) is 0 Å². The van der Waals surface area contributed by atoms with Gasteiger partial charge in [-0.3, -0.25) is 38.3 Å². The SMILES string of the molecule is NC(CCCCNC(=O)CCC(NC(=O)C1CCC(CNC(=O)CCCCCCCCCCCCCCCCCCC(=O)O)CC1)C(=O)O)C(=O)NCCCCC(N)C(=O)NCCCCC(NS)C(=O)O. The van der Waals surface area contributed by atoms with E-state index in [1.54, 1.807) is 0 Å². The van der Waals surface area contributed by atoms with Gasteiger partial charge in [-0.15, -0.1) is 0 Å². The van der Waals surface area contributed by atoms with E-state index in [2.05, 4.69) is 44.1 Å². The zero-order valence-corrected chi connectivity index (χ0v) is 43.7. The van der Waals surface area contributed by atoms with Crippen LogP contribution < -0.4 is 42.8 Å². The summed E-state index contributed by atoms with van der Waals surface area (Å²) in [6.07, 6.45) is 27.0. The monoisotopic (exact) mass is 1030 g/mol. The molecule has 71 heavy (non-hydrogen) atoms. The van der Waals surface area contributed by atoms with Gasteiger partial charge in [0.15, 0.2) is 0 Å². The first kappa shape index (κ1) is 65.0. The van der Waals surface area contributed by atoms with E-state index in [0.29, 0.717) is 103 Å². The Kier molecular flexibility index (Phi) is 38.9. The fraction of sp³-hybridized carbons (Fsp3) is 0.843. The molecule has 0 bridgehead atoms. The fourth-order valence-corrected chi connectivity index (χ4v) is 9.03. The van der Waals surface area contributed by atoms with Crippen LogP contribution in [0.2, 0.25) is 0 Å². The van der Waals surface area contributed by atoms with E-state index < -0.39 is 42.1 Å². The second-order valence-electron chi connectivity index (χ2n) is 19.7. The van der Waals surface area contributed by atoms with Crippen molar-refractivity contribution >= 4 is 60.3 Å². The average molecular weight is 1030 g/mol. The quantitative estimate of drug-likeness (QED) is 0.0255. The van der Waals surface area contributed by atoms with Crippen LogP contribution in [0.5, 0.6) is 0 Å². The van der Waals surface area contributed by atoms with Crippen molar-refractivity contribution in [2.45, 2.75) is 236 Å². The summed E-state index contributed by atoms with van der Waals surface area (Å²) in [7, 11) is 0. The number of hydrogen-bond donors (Lipinski definition) is 12. The highest BCUT2D eigenvalue weighted by atomic mass is 32.1. The predicted octanol–water partition coefficient (Wildman–Crippen LogP) is 5.77. The molecule has 1 rings (SSSR count). The topological polar surface area (TPSA) is 321 Å². The van der Waals surface area contributed by atoms with E-state index in [-0.39, 0.29) is 60.6 Å². The van der Waals surface area contributed by atoms with Gasteiger partial charge in [0.25, 0.3) is 0 Å². The summed E-state index contributed by atoms with van der Waals surface area (Å²) in [4.78, 5) is 96.1. The van der Waals surface area contributed by atoms with Crippen molar-refractivity contribution in [3.05, 3.63) is 0 Å². The number of carbonyl (C=O) groups is 8. The summed E-state index contributed by atoms with van der Waals surface area (Å²) in [5.41, 5.74) is 12.0. The molecule has 5 amide bonds. The first-order valence-corrected chi connectivity index (χ1v) is 27.6. The molecule has 410 valence electrons. The third-order valence-electron chi connectivity index (χ3n) is 13.5. The molecule has 4 unspecified atom stereocenters. The fourth-order valence-electron chi connectivity index (χ4n) is 8.79. The third-order valence-corrected chi connectivity index (χ3v) is 13.8. The Hall–Kier alpha value is -4.01. The lowest BCUT2D eigenvalue weighted by Gasteiger charge is -2.28. The molecule has 0 saturated heterocycles. The number of carboxylic acid groups (broad SMARTS) is 3. The van der Waals surface area contributed by atoms with E-state index in [0.717, 1.165) is 51.4 Å². The van der Waals surface area contributed by atoms with Gasteiger partial charge in [0.05, 0.1) is 12.1 Å². The molecular formula is C51H94N8O11S. The van der Waals surface area contributed by atoms with Crippen LogP contribution in [0.3, 0.4) is 0 Å². The molecule has 0 aromatic carbocycles. The lowest BCUT2D eigenvalue weighted by molar-refractivity contribution is -0.143. The van der Waals surface area contributed by atoms with Crippen LogP contribution in [0, 0.1) is 11.8 Å². The van der Waals surface area contributed by atoms with Crippen LogP contribution in [0.1, 0.15) is 212 Å². The maximum atomic E-state index is 13.0. The summed E-state index contributed by atoms with van der Waals surface area (Å²) < 4.78 is 2.43. The van der Waals surface area contributed by atoms with Gasteiger partial charge < -0.3 is 53.4 Å². The Balaban J connectivity index is 2.07. The lowest BCUT2D eigenvalue weighted by atomic mass is 9.81. The van der Waals surface area contributed by atoms with E-state index in [9.17, 15) is 43.5 Å². The maximum Gasteiger partial charge on any atom is 0.326 e. The molecule has 4 atom stereocenters. The Morgan fingerprint density at radius 3 is 1.30 bits per heavy atom. The molecule has 0 heterocycles. The Labute approximate surface area is 429 Å². The first-order chi connectivity index (χ1) is 34.1. The van der Waals surface area contributed by atoms with Gasteiger partial charge >= 0.3 is 17.9 Å². The second-order valence-corrected chi connectivity index (χ2v) is 19.9. The van der Waals surface area contributed by atoms with Crippen molar-refractivity contribution < 1.29 is 53.7 Å². The van der Waals surface area contributed by atoms with Gasteiger partial charge in [-0.2, -0.15) is 0 Å². The predicted molar refractivity (Wildman–Crippen MR) is 278 cm³/mol. The van der Waals surface area contributed by atoms with Crippen molar-refractivity contribution in [1.29, 1.82) is 0 Å². The summed E-state index contributed by atoms with van der Waals surface area (Å²) in [5.74, 6) is -4.07. The number of unbranched alkanes of at least 4 members (excludes halogenated alkanes) is 18. The molecule has 0 aliphatic heterocycles. The summed E-state index contributed by atoms with van der Waals surface area (Å²) >= 11 is 3.80. The highest BCUT2D eigenvalue weighted by molar-refractivity contribution is 7.78. The summed E-state index contributed by atoms with van der Waals surface area (Å²) in [6, 6.07) is -3.34. The van der Waals surface area contributed by atoms with Crippen LogP contribution in [0.25, 0.3) is 0 Å². The molecule has 0 aromatic rings. The second kappa shape index (κ2) is 42.5. The number of aliphatic carboxylic acids is 3. The molecular weight excluding hydrogens is 933 g/mol. The zero-order chi connectivity index (χ0) is 52.5. The number of nitrogens with one attached hydrogen (secondary N) is 6. The molecule has 20 heteroatoms. The van der Waals surface area contributed by atoms with Crippen molar-refractivity contribution in [3.8, 4) is 0 Å². The Bertz CT molecular complexity index is 1520. The Morgan fingerprint density at radius 2 is 0.859 bits per heavy atom. The minimum Gasteiger partial charge on any atom is -0.481 e. The number of rotatable bonds is 46. The first-order valence-electron chi connectivity index (χ1n) is 27.1. The molecule has 1 saturated carbocycles. The van der Waals surface area contributed by atoms with E-state index in [1.165, 1.54) is 64.2 Å². The van der Waals surface area contributed by atoms with Gasteiger partial charge in [-0.05, 0) is 109 Å². The number of hydrogen-bond acceptors (Lipinski definition) is 12. The summed E-state index contributed by atoms with van der Waals surface area (Å²) in [6.45, 7) is 1.69. The largest absolute Gasteiger partial charge is 0.481 e. The van der Waals surface area contributed by atoms with Gasteiger partial charge in [-0.25, -0.2) is 4.79 Å². The normalized spacial score (nSPS) is 16.2. The average Bonchev–Trinajstić information content (AvgIpc) is 3.34. The molecule has 0 spiro atoms. The molecule has 13 N–H and O–H groups in total. The van der Waals surface area contributed by atoms with Gasteiger partial charge in [0.2, 0.25) is 29.5 Å². The number of thiol groups is 1. The highest BCUT2D eigenvalue weighted by Crippen LogP contribution is 2.29. The van der Waals surface area contributed by atoms with Gasteiger partial charge in [0.1, 0.15) is 12.1 Å². The number of nitrogens with two attached hydrogens (primary N) is 2. The van der Waals surface area contributed by atoms with Gasteiger partial charge in [0, 0.05) is 51.4 Å². The number of amides is 5. The third kappa shape index (κ3) is 35.7. The molecule has 0 radical (unpaired) electrons. The summed E-state index contributed by atoms with van der Waals surface area (Å²) in [5, 5.41) is 41.5. The van der Waals surface area contributed by atoms with Crippen molar-refractivity contribution in [1.82, 2.24) is 31.3 Å².